The van der Waals surface area contributed by atoms with E-state index in [0.29, 0.717) is 5.92 Å². The number of hydrogen-bond donors (Lipinski definition) is 0. The lowest BCUT2D eigenvalue weighted by Gasteiger charge is -2.37. The van der Waals surface area contributed by atoms with Crippen LogP contribution in [0.4, 0.5) is 17.6 Å². The maximum absolute atomic E-state index is 14.6. The third-order valence-corrected chi connectivity index (χ3v) is 7.26. The highest BCUT2D eigenvalue weighted by Gasteiger charge is 2.36. The van der Waals surface area contributed by atoms with Crippen LogP contribution in [0.1, 0.15) is 80.9 Å². The highest BCUT2D eigenvalue weighted by molar-refractivity contribution is 5.32. The van der Waals surface area contributed by atoms with Gasteiger partial charge in [0.1, 0.15) is 17.4 Å². The summed E-state index contributed by atoms with van der Waals surface area (Å²) in [7, 11) is 0. The lowest BCUT2D eigenvalue weighted by atomic mass is 9.68. The van der Waals surface area contributed by atoms with Crippen LogP contribution in [0.25, 0.3) is 0 Å². The highest BCUT2D eigenvalue weighted by atomic mass is 19.3. The van der Waals surface area contributed by atoms with Gasteiger partial charge in [-0.15, -0.1) is 0 Å². The van der Waals surface area contributed by atoms with Gasteiger partial charge >= 0.3 is 6.11 Å². The van der Waals surface area contributed by atoms with Gasteiger partial charge in [-0.25, -0.2) is 8.78 Å². The molecule has 2 aromatic carbocycles. The quantitative estimate of drug-likeness (QED) is 0.419. The molecule has 2 fully saturated rings. The Bertz CT molecular complexity index is 885. The van der Waals surface area contributed by atoms with E-state index >= 15 is 0 Å². The largest absolute Gasteiger partial charge is 0.429 e. The number of halogens is 4. The molecule has 1 nitrogen and oxygen atoms in total. The van der Waals surface area contributed by atoms with Crippen molar-refractivity contribution in [3.8, 4) is 5.75 Å². The van der Waals surface area contributed by atoms with Gasteiger partial charge in [0.25, 0.3) is 0 Å². The number of rotatable bonds is 5. The molecule has 0 amide bonds. The van der Waals surface area contributed by atoms with Crippen molar-refractivity contribution in [2.45, 2.75) is 77.2 Å². The van der Waals surface area contributed by atoms with Crippen molar-refractivity contribution in [2.24, 2.45) is 5.92 Å². The fourth-order valence-corrected chi connectivity index (χ4v) is 5.09. The molecular weight excluding hydrogens is 416 g/mol. The van der Waals surface area contributed by atoms with Gasteiger partial charge in [0, 0.05) is 17.7 Å². The minimum atomic E-state index is -3.68. The van der Waals surface area contributed by atoms with Gasteiger partial charge in [0.2, 0.25) is 0 Å². The molecule has 0 aromatic heterocycles. The van der Waals surface area contributed by atoms with E-state index in [-0.39, 0.29) is 11.1 Å². The summed E-state index contributed by atoms with van der Waals surface area (Å²) in [5.41, 5.74) is 0.498. The first-order valence-electron chi connectivity index (χ1n) is 11.5. The highest BCUT2D eigenvalue weighted by Crippen LogP contribution is 2.45. The van der Waals surface area contributed by atoms with Crippen LogP contribution in [0.15, 0.2) is 36.4 Å². The van der Waals surface area contributed by atoms with E-state index in [0.717, 1.165) is 49.3 Å². The second-order valence-electron chi connectivity index (χ2n) is 9.42. The van der Waals surface area contributed by atoms with Crippen LogP contribution in [0, 0.1) is 36.3 Å². The molecule has 2 aliphatic rings. The summed E-state index contributed by atoms with van der Waals surface area (Å²) in [4.78, 5) is 0. The molecule has 0 spiro atoms. The average molecular weight is 447 g/mol. The van der Waals surface area contributed by atoms with Gasteiger partial charge in [-0.2, -0.15) is 8.78 Å². The fraction of sp³-hybridized carbons (Fsp3) is 0.481. The van der Waals surface area contributed by atoms with Crippen molar-refractivity contribution in [3.63, 3.8) is 0 Å². The molecule has 5 heteroatoms. The summed E-state index contributed by atoms with van der Waals surface area (Å²) >= 11 is 0. The molecule has 2 radical (unpaired) electrons. The minimum Gasteiger partial charge on any atom is -0.429 e. The lowest BCUT2D eigenvalue weighted by Crippen LogP contribution is -2.23. The lowest BCUT2D eigenvalue weighted by molar-refractivity contribution is -0.185. The van der Waals surface area contributed by atoms with E-state index < -0.39 is 23.5 Å². The third kappa shape index (κ3) is 5.13. The van der Waals surface area contributed by atoms with Crippen molar-refractivity contribution in [2.75, 3.05) is 0 Å². The normalized spacial score (nSPS) is 19.9. The Kier molecular flexibility index (Phi) is 6.83. The van der Waals surface area contributed by atoms with Crippen LogP contribution in [0.2, 0.25) is 0 Å². The zero-order chi connectivity index (χ0) is 22.9. The van der Waals surface area contributed by atoms with E-state index in [4.69, 9.17) is 0 Å². The first kappa shape index (κ1) is 23.1. The summed E-state index contributed by atoms with van der Waals surface area (Å²) in [6.07, 6.45) is 5.74. The second-order valence-corrected chi connectivity index (χ2v) is 9.42. The molecule has 172 valence electrons. The SMILES string of the molecule is C[C]1CCC([C]2CCC(c3ccc(C(F)(F)Oc4cc(F)c(C)c(F)c4)cc3)CC2)CC1. The average Bonchev–Trinajstić information content (AvgIpc) is 2.78. The van der Waals surface area contributed by atoms with Crippen LogP contribution in [0.3, 0.4) is 0 Å². The van der Waals surface area contributed by atoms with Crippen molar-refractivity contribution in [3.05, 3.63) is 76.6 Å². The summed E-state index contributed by atoms with van der Waals surface area (Å²) in [5, 5.41) is 0. The van der Waals surface area contributed by atoms with Gasteiger partial charge in [-0.05, 0) is 99.7 Å². The van der Waals surface area contributed by atoms with E-state index in [1.54, 1.807) is 24.0 Å². The molecule has 0 atom stereocenters. The zero-order valence-corrected chi connectivity index (χ0v) is 18.7. The van der Waals surface area contributed by atoms with Crippen molar-refractivity contribution >= 4 is 0 Å². The van der Waals surface area contributed by atoms with Gasteiger partial charge in [-0.3, -0.25) is 0 Å². The van der Waals surface area contributed by atoms with Crippen molar-refractivity contribution < 1.29 is 22.3 Å². The Morgan fingerprint density at radius 1 is 0.781 bits per heavy atom. The zero-order valence-electron chi connectivity index (χ0n) is 18.7. The molecule has 4 rings (SSSR count). The van der Waals surface area contributed by atoms with Crippen LogP contribution in [0.5, 0.6) is 5.75 Å². The Labute approximate surface area is 188 Å². The molecule has 0 saturated heterocycles. The minimum absolute atomic E-state index is 0.227. The van der Waals surface area contributed by atoms with E-state index in [1.807, 2.05) is 0 Å². The molecule has 0 heterocycles. The van der Waals surface area contributed by atoms with E-state index in [2.05, 4.69) is 11.7 Å². The van der Waals surface area contributed by atoms with Gasteiger partial charge in [-0.1, -0.05) is 19.1 Å². The van der Waals surface area contributed by atoms with Crippen LogP contribution in [-0.2, 0) is 6.11 Å². The summed E-state index contributed by atoms with van der Waals surface area (Å²) in [6.45, 7) is 3.50. The molecule has 32 heavy (non-hydrogen) atoms. The van der Waals surface area contributed by atoms with Crippen LogP contribution < -0.4 is 4.74 Å². The Hall–Kier alpha value is -2.04. The molecule has 2 saturated carbocycles. The third-order valence-electron chi connectivity index (χ3n) is 7.26. The number of ether oxygens (including phenoxy) is 1. The number of hydrogen-bond acceptors (Lipinski definition) is 1. The molecule has 2 aliphatic carbocycles. The van der Waals surface area contributed by atoms with E-state index in [1.165, 1.54) is 44.7 Å². The number of alkyl halides is 2. The van der Waals surface area contributed by atoms with E-state index in [9.17, 15) is 17.6 Å². The summed E-state index contributed by atoms with van der Waals surface area (Å²) in [5.74, 6) is 2.08. The van der Waals surface area contributed by atoms with Crippen LogP contribution in [-0.4, -0.2) is 0 Å². The molecule has 0 aliphatic heterocycles. The van der Waals surface area contributed by atoms with Gasteiger partial charge < -0.3 is 4.74 Å². The summed E-state index contributed by atoms with van der Waals surface area (Å²) < 4.78 is 61.2. The second kappa shape index (κ2) is 9.44. The summed E-state index contributed by atoms with van der Waals surface area (Å²) in [6, 6.07) is 7.74. The maximum atomic E-state index is 14.6. The number of benzene rings is 2. The first-order chi connectivity index (χ1) is 15.2. The predicted molar refractivity (Wildman–Crippen MR) is 117 cm³/mol. The fourth-order valence-electron chi connectivity index (χ4n) is 5.09. The smallest absolute Gasteiger partial charge is 0.426 e. The Balaban J connectivity index is 1.36. The molecule has 0 unspecified atom stereocenters. The van der Waals surface area contributed by atoms with Crippen molar-refractivity contribution in [1.29, 1.82) is 0 Å². The van der Waals surface area contributed by atoms with Crippen LogP contribution >= 0.6 is 0 Å². The first-order valence-corrected chi connectivity index (χ1v) is 11.5. The Morgan fingerprint density at radius 2 is 1.31 bits per heavy atom. The molecular formula is C27H30F4O. The molecule has 0 N–H and O–H groups in total. The predicted octanol–water partition coefficient (Wildman–Crippen LogP) is 8.42. The Morgan fingerprint density at radius 3 is 1.88 bits per heavy atom. The van der Waals surface area contributed by atoms with Gasteiger partial charge in [0.15, 0.2) is 0 Å². The standard InChI is InChI=1S/C27H30F4O/c1-17-3-5-19(6-4-17)20-7-9-21(10-8-20)22-11-13-23(14-12-22)27(30,31)32-24-15-25(28)18(2)26(29)16-24/h11-16,19,21H,3-10H2,1-2H3. The maximum Gasteiger partial charge on any atom is 0.426 e. The van der Waals surface area contributed by atoms with Crippen molar-refractivity contribution in [1.82, 2.24) is 0 Å². The molecule has 2 aromatic rings. The van der Waals surface area contributed by atoms with Gasteiger partial charge in [0.05, 0.1) is 5.56 Å². The molecule has 0 bridgehead atoms. The topological polar surface area (TPSA) is 9.23 Å². The monoisotopic (exact) mass is 446 g/mol.